The molecule has 46 heavy (non-hydrogen) atoms. The first-order valence-electron chi connectivity index (χ1n) is 16.7. The van der Waals surface area contributed by atoms with Crippen LogP contribution in [0, 0.1) is 23.6 Å². The number of benzene rings is 1. The fourth-order valence-corrected chi connectivity index (χ4v) is 7.07. The SMILES string of the molecule is CCN=C(/C=C\N)C(=O)N[C@H](C(=O)Nc1ccc([C@H](C)[C@@H](NC(=O)CC)C(=O)N2C[C@H]3C[C@@H](C2)N3C)cc1F)C(C1CC1)C1CC1. The highest BCUT2D eigenvalue weighted by molar-refractivity contribution is 6.43. The molecule has 3 saturated heterocycles. The second-order valence-electron chi connectivity index (χ2n) is 13.3. The second-order valence-corrected chi connectivity index (χ2v) is 13.3. The van der Waals surface area contributed by atoms with Crippen molar-refractivity contribution in [3.05, 3.63) is 41.9 Å². The third-order valence-electron chi connectivity index (χ3n) is 10.2. The number of hydrogen-bond donors (Lipinski definition) is 4. The van der Waals surface area contributed by atoms with Crippen LogP contribution >= 0.6 is 0 Å². The number of nitrogens with one attached hydrogen (secondary N) is 3. The van der Waals surface area contributed by atoms with E-state index in [1.165, 1.54) is 24.4 Å². The summed E-state index contributed by atoms with van der Waals surface area (Å²) in [5.74, 6) is -1.99. The number of hydrogen-bond acceptors (Lipinski definition) is 7. The molecule has 2 aliphatic carbocycles. The van der Waals surface area contributed by atoms with Crippen LogP contribution in [0.3, 0.4) is 0 Å². The van der Waals surface area contributed by atoms with E-state index in [-0.39, 0.29) is 35.6 Å². The lowest BCUT2D eigenvalue weighted by molar-refractivity contribution is -0.146. The minimum absolute atomic E-state index is 0.0190. The monoisotopic (exact) mass is 637 g/mol. The van der Waals surface area contributed by atoms with E-state index in [0.717, 1.165) is 32.1 Å². The zero-order chi connectivity index (χ0) is 33.1. The lowest BCUT2D eigenvalue weighted by atomic mass is 9.86. The normalized spacial score (nSPS) is 23.4. The van der Waals surface area contributed by atoms with Gasteiger partial charge in [-0.25, -0.2) is 4.39 Å². The van der Waals surface area contributed by atoms with Crippen LogP contribution in [0.15, 0.2) is 35.5 Å². The Kier molecular flexibility index (Phi) is 10.4. The smallest absolute Gasteiger partial charge is 0.270 e. The molecule has 12 heteroatoms. The first kappa shape index (κ1) is 33.6. The van der Waals surface area contributed by atoms with Gasteiger partial charge in [0, 0.05) is 44.1 Å². The summed E-state index contributed by atoms with van der Waals surface area (Å²) in [6.45, 7) is 6.91. The number of nitrogens with zero attached hydrogens (tertiary/aromatic N) is 3. The van der Waals surface area contributed by atoms with Gasteiger partial charge < -0.3 is 26.6 Å². The van der Waals surface area contributed by atoms with Crippen LogP contribution in [0.25, 0.3) is 0 Å². The standard InChI is InChI=1S/C34H48FN7O4/c1-5-28(43)39-30(34(46)42-17-23-16-24(18-42)41(23)4)19(3)22-11-12-26(25(35)15-22)38-33(45)31(29(20-7-8-20)21-9-10-21)40-32(44)27(13-14-36)37-6-2/h11-15,19-21,23-24,29-31H,5-10,16-18,36H2,1-4H3,(H,38,45)(H,39,43)(H,40,44)/b14-13-,37-27?/t19-,23-,24+,30+,31-/m0/s1. The van der Waals surface area contributed by atoms with Gasteiger partial charge in [-0.2, -0.15) is 0 Å². The number of carbonyl (C=O) groups excluding carboxylic acids is 4. The van der Waals surface area contributed by atoms with Crippen LogP contribution in [-0.4, -0.2) is 90.0 Å². The largest absolute Gasteiger partial charge is 0.405 e. The highest BCUT2D eigenvalue weighted by Gasteiger charge is 2.49. The number of halogens is 1. The van der Waals surface area contributed by atoms with Gasteiger partial charge in [0.2, 0.25) is 17.7 Å². The second kappa shape index (κ2) is 14.3. The van der Waals surface area contributed by atoms with Crippen LogP contribution in [-0.2, 0) is 19.2 Å². The van der Waals surface area contributed by atoms with Crippen molar-refractivity contribution in [1.29, 1.82) is 0 Å². The van der Waals surface area contributed by atoms with Crippen molar-refractivity contribution in [1.82, 2.24) is 20.4 Å². The Bertz CT molecular complexity index is 1370. The Morgan fingerprint density at radius 2 is 1.70 bits per heavy atom. The molecule has 2 bridgehead atoms. The zero-order valence-electron chi connectivity index (χ0n) is 27.3. The van der Waals surface area contributed by atoms with E-state index in [0.29, 0.717) is 49.1 Å². The predicted molar refractivity (Wildman–Crippen MR) is 174 cm³/mol. The molecule has 1 aromatic carbocycles. The lowest BCUT2D eigenvalue weighted by Crippen LogP contribution is -2.69. The number of aliphatic imine (C=N–C) groups is 1. The number of piperazine rings is 1. The predicted octanol–water partition coefficient (Wildman–Crippen LogP) is 2.53. The maximum Gasteiger partial charge on any atom is 0.270 e. The van der Waals surface area contributed by atoms with Gasteiger partial charge >= 0.3 is 0 Å². The molecule has 0 spiro atoms. The molecule has 0 unspecified atom stereocenters. The third-order valence-corrected chi connectivity index (χ3v) is 10.2. The maximum atomic E-state index is 15.7. The van der Waals surface area contributed by atoms with Gasteiger partial charge in [-0.1, -0.05) is 19.9 Å². The number of piperidine rings is 1. The number of nitrogens with two attached hydrogens (primary N) is 1. The van der Waals surface area contributed by atoms with Gasteiger partial charge in [-0.15, -0.1) is 0 Å². The average Bonchev–Trinajstić information content (AvgIpc) is 3.99. The lowest BCUT2D eigenvalue weighted by Gasteiger charge is -2.55. The summed E-state index contributed by atoms with van der Waals surface area (Å²) in [6.07, 6.45) is 7.89. The van der Waals surface area contributed by atoms with Gasteiger partial charge in [0.25, 0.3) is 5.91 Å². The van der Waals surface area contributed by atoms with Crippen molar-refractivity contribution in [2.75, 3.05) is 32.0 Å². The quantitative estimate of drug-likeness (QED) is 0.231. The van der Waals surface area contributed by atoms with Crippen molar-refractivity contribution >= 4 is 35.0 Å². The number of carbonyl (C=O) groups is 4. The van der Waals surface area contributed by atoms with Crippen molar-refractivity contribution in [3.8, 4) is 0 Å². The molecular formula is C34H48FN7O4. The minimum atomic E-state index is -0.861. The average molecular weight is 638 g/mol. The van der Waals surface area contributed by atoms with E-state index < -0.39 is 35.6 Å². The first-order valence-corrected chi connectivity index (χ1v) is 16.7. The molecule has 0 radical (unpaired) electrons. The van der Waals surface area contributed by atoms with Crippen LogP contribution in [0.1, 0.15) is 70.8 Å². The molecule has 2 saturated carbocycles. The summed E-state index contributed by atoms with van der Waals surface area (Å²) in [5.41, 5.74) is 6.16. The molecule has 3 heterocycles. The number of anilines is 1. The molecule has 5 atom stereocenters. The Morgan fingerprint density at radius 1 is 1.04 bits per heavy atom. The Balaban J connectivity index is 1.33. The summed E-state index contributed by atoms with van der Waals surface area (Å²) < 4.78 is 15.7. The fourth-order valence-electron chi connectivity index (χ4n) is 7.07. The molecule has 4 amide bonds. The number of amides is 4. The topological polar surface area (TPSA) is 149 Å². The molecule has 5 fully saturated rings. The number of fused-ring (bicyclic) bond motifs is 2. The van der Waals surface area contributed by atoms with E-state index in [4.69, 9.17) is 5.73 Å². The highest BCUT2D eigenvalue weighted by Crippen LogP contribution is 2.51. The van der Waals surface area contributed by atoms with E-state index in [2.05, 4.69) is 32.9 Å². The molecule has 1 aromatic rings. The molecular weight excluding hydrogens is 589 g/mol. The number of rotatable bonds is 14. The molecule has 11 nitrogen and oxygen atoms in total. The summed E-state index contributed by atoms with van der Waals surface area (Å²) in [7, 11) is 2.06. The van der Waals surface area contributed by atoms with Gasteiger partial charge in [-0.3, -0.25) is 29.1 Å². The van der Waals surface area contributed by atoms with E-state index in [9.17, 15) is 19.2 Å². The van der Waals surface area contributed by atoms with Crippen molar-refractivity contribution in [3.63, 3.8) is 0 Å². The summed E-state index contributed by atoms with van der Waals surface area (Å²) in [4.78, 5) is 61.4. The van der Waals surface area contributed by atoms with Crippen LogP contribution in [0.2, 0.25) is 0 Å². The summed E-state index contributed by atoms with van der Waals surface area (Å²) in [5, 5.41) is 8.50. The highest BCUT2D eigenvalue weighted by atomic mass is 19.1. The van der Waals surface area contributed by atoms with E-state index in [1.807, 2.05) is 4.90 Å². The van der Waals surface area contributed by atoms with Gasteiger partial charge in [0.05, 0.1) is 5.69 Å². The van der Waals surface area contributed by atoms with E-state index in [1.54, 1.807) is 26.8 Å². The molecule has 3 aliphatic heterocycles. The minimum Gasteiger partial charge on any atom is -0.405 e. The zero-order valence-corrected chi connectivity index (χ0v) is 27.3. The third kappa shape index (κ3) is 7.43. The van der Waals surface area contributed by atoms with Crippen LogP contribution < -0.4 is 21.7 Å². The van der Waals surface area contributed by atoms with E-state index >= 15 is 4.39 Å². The first-order chi connectivity index (χ1) is 22.1. The van der Waals surface area contributed by atoms with Crippen LogP contribution in [0.4, 0.5) is 10.1 Å². The molecule has 250 valence electrons. The molecule has 0 aromatic heterocycles. The van der Waals surface area contributed by atoms with Crippen molar-refractivity contribution < 1.29 is 23.6 Å². The van der Waals surface area contributed by atoms with Crippen molar-refractivity contribution in [2.24, 2.45) is 28.5 Å². The van der Waals surface area contributed by atoms with Crippen LogP contribution in [0.5, 0.6) is 0 Å². The fraction of sp³-hybridized carbons (Fsp3) is 0.618. The summed E-state index contributed by atoms with van der Waals surface area (Å²) >= 11 is 0. The van der Waals surface area contributed by atoms with Crippen molar-refractivity contribution in [2.45, 2.75) is 89.4 Å². The Morgan fingerprint density at radius 3 is 2.22 bits per heavy atom. The number of likely N-dealkylation sites (N-methyl/N-ethyl adjacent to an activating group) is 1. The maximum absolute atomic E-state index is 15.7. The Hall–Kier alpha value is -3.80. The Labute approximate surface area is 270 Å². The van der Waals surface area contributed by atoms with Gasteiger partial charge in [-0.05, 0) is 93.8 Å². The molecule has 5 N–H and O–H groups in total. The van der Waals surface area contributed by atoms with Gasteiger partial charge in [0.1, 0.15) is 23.6 Å². The summed E-state index contributed by atoms with van der Waals surface area (Å²) in [6, 6.07) is 3.39. The molecule has 5 aliphatic rings. The van der Waals surface area contributed by atoms with Gasteiger partial charge in [0.15, 0.2) is 0 Å². The molecule has 6 rings (SSSR count).